The van der Waals surface area contributed by atoms with Crippen molar-refractivity contribution in [3.8, 4) is 0 Å². The van der Waals surface area contributed by atoms with E-state index in [1.54, 1.807) is 6.20 Å². The molecule has 2 aromatic heterocycles. The first-order chi connectivity index (χ1) is 15.0. The molecule has 0 radical (unpaired) electrons. The van der Waals surface area contributed by atoms with E-state index < -0.39 is 11.7 Å². The van der Waals surface area contributed by atoms with Gasteiger partial charge in [0.1, 0.15) is 5.82 Å². The van der Waals surface area contributed by atoms with Crippen LogP contribution in [0, 0.1) is 5.82 Å². The van der Waals surface area contributed by atoms with Crippen LogP contribution in [0.4, 0.5) is 15.9 Å². The molecule has 2 aliphatic rings. The summed E-state index contributed by atoms with van der Waals surface area (Å²) in [6.07, 6.45) is 3.52. The minimum Gasteiger partial charge on any atom is -0.367 e. The highest BCUT2D eigenvalue weighted by Gasteiger charge is 2.31. The summed E-state index contributed by atoms with van der Waals surface area (Å²) in [5.41, 5.74) is 1.82. The minimum atomic E-state index is -0.447. The molecular formula is C21H20ClFN6O2. The maximum Gasteiger partial charge on any atom is 0.234 e. The van der Waals surface area contributed by atoms with E-state index in [0.717, 1.165) is 17.1 Å². The number of hydrogen-bond donors (Lipinski definition) is 1. The van der Waals surface area contributed by atoms with Crippen LogP contribution in [0.25, 0.3) is 5.65 Å². The summed E-state index contributed by atoms with van der Waals surface area (Å²) in [5, 5.41) is 7.05. The summed E-state index contributed by atoms with van der Waals surface area (Å²) in [4.78, 5) is 32.1. The Morgan fingerprint density at radius 1 is 1.10 bits per heavy atom. The number of fused-ring (bicyclic) bond motifs is 1. The molecule has 2 amide bonds. The van der Waals surface area contributed by atoms with Crippen LogP contribution in [0.1, 0.15) is 24.3 Å². The first-order valence-electron chi connectivity index (χ1n) is 10.1. The molecule has 0 spiro atoms. The lowest BCUT2D eigenvalue weighted by Crippen LogP contribution is -2.47. The van der Waals surface area contributed by atoms with Gasteiger partial charge < -0.3 is 9.80 Å². The van der Waals surface area contributed by atoms with Gasteiger partial charge in [-0.25, -0.2) is 9.37 Å². The Hall–Kier alpha value is -3.20. The summed E-state index contributed by atoms with van der Waals surface area (Å²) in [6, 6.07) is 7.51. The molecule has 0 aliphatic carbocycles. The third kappa shape index (κ3) is 3.48. The molecule has 1 unspecified atom stereocenters. The maximum absolute atomic E-state index is 13.8. The third-order valence-electron chi connectivity index (χ3n) is 5.91. The summed E-state index contributed by atoms with van der Waals surface area (Å²) < 4.78 is 15.3. The SMILES string of the molecule is O=C1CCC(c2cccc(N3CCN(c4ccnc5c(F)cnn45)CC3)c2Cl)C(=O)N1. The van der Waals surface area contributed by atoms with Crippen molar-refractivity contribution in [3.05, 3.63) is 53.1 Å². The van der Waals surface area contributed by atoms with Crippen molar-refractivity contribution in [3.63, 3.8) is 0 Å². The Bertz CT molecular complexity index is 1170. The predicted octanol–water partition coefficient (Wildman–Crippen LogP) is 2.37. The number of carbonyl (C=O) groups is 2. The zero-order valence-electron chi connectivity index (χ0n) is 16.6. The number of benzene rings is 1. The Balaban J connectivity index is 1.35. The lowest BCUT2D eigenvalue weighted by atomic mass is 9.90. The fraction of sp³-hybridized carbons (Fsp3) is 0.333. The molecule has 3 aromatic rings. The molecule has 0 saturated carbocycles. The van der Waals surface area contributed by atoms with Crippen molar-refractivity contribution in [1.29, 1.82) is 0 Å². The number of carbonyl (C=O) groups excluding carboxylic acids is 2. The zero-order chi connectivity index (χ0) is 21.5. The number of amides is 2. The van der Waals surface area contributed by atoms with Gasteiger partial charge in [0.2, 0.25) is 11.8 Å². The molecule has 1 atom stereocenters. The topological polar surface area (TPSA) is 82.8 Å². The highest BCUT2D eigenvalue weighted by molar-refractivity contribution is 6.34. The lowest BCUT2D eigenvalue weighted by molar-refractivity contribution is -0.134. The number of anilines is 2. The van der Waals surface area contributed by atoms with Gasteiger partial charge in [0.25, 0.3) is 0 Å². The summed E-state index contributed by atoms with van der Waals surface area (Å²) in [7, 11) is 0. The molecule has 5 rings (SSSR count). The van der Waals surface area contributed by atoms with Crippen molar-refractivity contribution in [2.24, 2.45) is 0 Å². The van der Waals surface area contributed by atoms with Gasteiger partial charge in [0.15, 0.2) is 11.5 Å². The van der Waals surface area contributed by atoms with Crippen molar-refractivity contribution in [2.45, 2.75) is 18.8 Å². The van der Waals surface area contributed by atoms with E-state index in [0.29, 0.717) is 44.0 Å². The average Bonchev–Trinajstić information content (AvgIpc) is 3.16. The fourth-order valence-corrected chi connectivity index (χ4v) is 4.68. The summed E-state index contributed by atoms with van der Waals surface area (Å²) >= 11 is 6.73. The molecular weight excluding hydrogens is 423 g/mol. The van der Waals surface area contributed by atoms with Crippen LogP contribution in [-0.2, 0) is 9.59 Å². The number of imide groups is 1. The van der Waals surface area contributed by atoms with Gasteiger partial charge in [0.05, 0.1) is 22.8 Å². The Morgan fingerprint density at radius 3 is 2.65 bits per heavy atom. The van der Waals surface area contributed by atoms with Crippen molar-refractivity contribution in [2.75, 3.05) is 36.0 Å². The van der Waals surface area contributed by atoms with Crippen LogP contribution in [0.2, 0.25) is 5.02 Å². The van der Waals surface area contributed by atoms with Gasteiger partial charge in [-0.05, 0) is 24.1 Å². The molecule has 2 aliphatic heterocycles. The van der Waals surface area contributed by atoms with Crippen LogP contribution >= 0.6 is 11.6 Å². The predicted molar refractivity (Wildman–Crippen MR) is 114 cm³/mol. The normalized spacial score (nSPS) is 19.7. The highest BCUT2D eigenvalue weighted by atomic mass is 35.5. The second kappa shape index (κ2) is 7.81. The smallest absolute Gasteiger partial charge is 0.234 e. The molecule has 1 aromatic carbocycles. The lowest BCUT2D eigenvalue weighted by Gasteiger charge is -2.38. The number of hydrogen-bond acceptors (Lipinski definition) is 6. The van der Waals surface area contributed by atoms with Crippen molar-refractivity contribution in [1.82, 2.24) is 19.9 Å². The van der Waals surface area contributed by atoms with E-state index >= 15 is 0 Å². The number of piperidine rings is 1. The average molecular weight is 443 g/mol. The number of rotatable bonds is 3. The van der Waals surface area contributed by atoms with E-state index in [1.165, 1.54) is 10.7 Å². The van der Waals surface area contributed by atoms with Crippen LogP contribution < -0.4 is 15.1 Å². The number of nitrogens with one attached hydrogen (secondary N) is 1. The molecule has 2 fully saturated rings. The first kappa shape index (κ1) is 19.7. The Kier molecular flexibility index (Phi) is 4.97. The van der Waals surface area contributed by atoms with E-state index in [1.807, 2.05) is 24.3 Å². The molecule has 1 N–H and O–H groups in total. The van der Waals surface area contributed by atoms with Gasteiger partial charge in [-0.1, -0.05) is 23.7 Å². The van der Waals surface area contributed by atoms with Gasteiger partial charge in [0, 0.05) is 38.8 Å². The molecule has 31 heavy (non-hydrogen) atoms. The quantitative estimate of drug-likeness (QED) is 0.627. The van der Waals surface area contributed by atoms with E-state index in [2.05, 4.69) is 25.2 Å². The second-order valence-electron chi connectivity index (χ2n) is 7.69. The monoisotopic (exact) mass is 442 g/mol. The first-order valence-corrected chi connectivity index (χ1v) is 10.5. The van der Waals surface area contributed by atoms with Gasteiger partial charge >= 0.3 is 0 Å². The van der Waals surface area contributed by atoms with Crippen LogP contribution in [0.3, 0.4) is 0 Å². The van der Waals surface area contributed by atoms with Crippen molar-refractivity contribution >= 4 is 40.6 Å². The molecule has 8 nitrogen and oxygen atoms in total. The number of piperazine rings is 1. The largest absolute Gasteiger partial charge is 0.367 e. The van der Waals surface area contributed by atoms with Crippen LogP contribution in [0.5, 0.6) is 0 Å². The van der Waals surface area contributed by atoms with Gasteiger partial charge in [-0.2, -0.15) is 9.61 Å². The molecule has 160 valence electrons. The number of nitrogens with zero attached hydrogens (tertiary/aromatic N) is 5. The Morgan fingerprint density at radius 2 is 1.87 bits per heavy atom. The molecule has 2 saturated heterocycles. The molecule has 10 heteroatoms. The van der Waals surface area contributed by atoms with Gasteiger partial charge in [-0.15, -0.1) is 0 Å². The van der Waals surface area contributed by atoms with Crippen LogP contribution in [-0.4, -0.2) is 52.6 Å². The van der Waals surface area contributed by atoms with Crippen molar-refractivity contribution < 1.29 is 14.0 Å². The second-order valence-corrected chi connectivity index (χ2v) is 8.07. The van der Waals surface area contributed by atoms with Gasteiger partial charge in [-0.3, -0.25) is 14.9 Å². The van der Waals surface area contributed by atoms with Crippen LogP contribution in [0.15, 0.2) is 36.7 Å². The molecule has 4 heterocycles. The number of halogens is 2. The maximum atomic E-state index is 13.8. The van der Waals surface area contributed by atoms with E-state index in [9.17, 15) is 14.0 Å². The Labute approximate surface area is 182 Å². The summed E-state index contributed by atoms with van der Waals surface area (Å²) in [6.45, 7) is 2.79. The highest BCUT2D eigenvalue weighted by Crippen LogP contribution is 2.37. The fourth-order valence-electron chi connectivity index (χ4n) is 4.31. The zero-order valence-corrected chi connectivity index (χ0v) is 17.3. The standard InChI is InChI=1S/C21H20ClFN6O2/c22-19-13(14-4-5-17(30)26-21(14)31)2-1-3-16(19)27-8-10-28(11-9-27)18-6-7-24-20-15(23)12-25-29(18)20/h1-3,6-7,12,14H,4-5,8-11H2,(H,26,30,31). The summed E-state index contributed by atoms with van der Waals surface area (Å²) in [5.74, 6) is -0.624. The molecule has 0 bridgehead atoms. The van der Waals surface area contributed by atoms with E-state index in [4.69, 9.17) is 11.6 Å². The minimum absolute atomic E-state index is 0.208. The third-order valence-corrected chi connectivity index (χ3v) is 6.32. The number of aromatic nitrogens is 3. The van der Waals surface area contributed by atoms with E-state index in [-0.39, 0.29) is 17.5 Å².